The number of anilines is 1. The zero-order valence-electron chi connectivity index (χ0n) is 12.7. The summed E-state index contributed by atoms with van der Waals surface area (Å²) in [6.45, 7) is 5.13. The number of aryl methyl sites for hydroxylation is 1. The molecule has 1 heterocycles. The number of nitrogens with zero attached hydrogens (tertiary/aromatic N) is 2. The van der Waals surface area contributed by atoms with Crippen molar-refractivity contribution in [3.05, 3.63) is 36.2 Å². The maximum Gasteiger partial charge on any atom is 0.131 e. The van der Waals surface area contributed by atoms with E-state index in [1.807, 2.05) is 24.3 Å². The maximum absolute atomic E-state index is 5.26. The minimum atomic E-state index is 0.827. The molecule has 0 radical (unpaired) electrons. The maximum atomic E-state index is 5.26. The van der Waals surface area contributed by atoms with Gasteiger partial charge in [0.05, 0.1) is 7.11 Å². The lowest BCUT2D eigenvalue weighted by molar-refractivity contribution is 0.413. The van der Waals surface area contributed by atoms with E-state index in [1.165, 1.54) is 0 Å². The number of hydrogen-bond acceptors (Lipinski definition) is 5. The number of methoxy groups -OCH3 is 1. The van der Waals surface area contributed by atoms with Crippen LogP contribution in [0.4, 0.5) is 5.82 Å². The molecular formula is C16H21N3OS. The van der Waals surface area contributed by atoms with Crippen LogP contribution in [0.5, 0.6) is 5.75 Å². The predicted molar refractivity (Wildman–Crippen MR) is 87.3 cm³/mol. The average Bonchev–Trinajstić information content (AvgIpc) is 2.52. The Kier molecular flexibility index (Phi) is 5.87. The fourth-order valence-corrected chi connectivity index (χ4v) is 2.70. The number of benzene rings is 1. The molecule has 5 heteroatoms. The Morgan fingerprint density at radius 3 is 2.76 bits per heavy atom. The van der Waals surface area contributed by atoms with Gasteiger partial charge in [0.15, 0.2) is 0 Å². The molecule has 0 amide bonds. The summed E-state index contributed by atoms with van der Waals surface area (Å²) in [6, 6.07) is 9.99. The molecule has 2 rings (SSSR count). The largest absolute Gasteiger partial charge is 0.497 e. The van der Waals surface area contributed by atoms with Crippen molar-refractivity contribution < 1.29 is 4.74 Å². The van der Waals surface area contributed by atoms with E-state index in [2.05, 4.69) is 35.2 Å². The lowest BCUT2D eigenvalue weighted by Crippen LogP contribution is -2.05. The van der Waals surface area contributed by atoms with Gasteiger partial charge in [0.25, 0.3) is 0 Å². The molecule has 0 aliphatic heterocycles. The van der Waals surface area contributed by atoms with Crippen molar-refractivity contribution in [1.29, 1.82) is 0 Å². The Morgan fingerprint density at radius 2 is 2.05 bits per heavy atom. The lowest BCUT2D eigenvalue weighted by atomic mass is 10.3. The van der Waals surface area contributed by atoms with Crippen LogP contribution >= 0.6 is 11.8 Å². The molecule has 21 heavy (non-hydrogen) atoms. The molecule has 1 aromatic carbocycles. The number of rotatable bonds is 7. The van der Waals surface area contributed by atoms with Crippen molar-refractivity contribution in [1.82, 2.24) is 9.97 Å². The highest BCUT2D eigenvalue weighted by molar-refractivity contribution is 7.99. The van der Waals surface area contributed by atoms with Crippen molar-refractivity contribution in [2.45, 2.75) is 36.6 Å². The Labute approximate surface area is 130 Å². The Morgan fingerprint density at radius 1 is 1.19 bits per heavy atom. The second-order valence-electron chi connectivity index (χ2n) is 4.57. The predicted octanol–water partition coefficient (Wildman–Crippen LogP) is 4.02. The van der Waals surface area contributed by atoms with Crippen LogP contribution in [0.2, 0.25) is 0 Å². The lowest BCUT2D eigenvalue weighted by Gasteiger charge is -2.09. The third kappa shape index (κ3) is 4.63. The molecule has 0 spiro atoms. The molecule has 0 aliphatic rings. The third-order valence-electron chi connectivity index (χ3n) is 2.88. The van der Waals surface area contributed by atoms with E-state index in [4.69, 9.17) is 4.74 Å². The van der Waals surface area contributed by atoms with Gasteiger partial charge >= 0.3 is 0 Å². The molecule has 1 aromatic heterocycles. The molecule has 0 saturated heterocycles. The van der Waals surface area contributed by atoms with Crippen molar-refractivity contribution in [2.24, 2.45) is 0 Å². The molecule has 2 aromatic rings. The van der Waals surface area contributed by atoms with E-state index in [0.717, 1.165) is 46.7 Å². The Bertz CT molecular complexity index is 589. The van der Waals surface area contributed by atoms with Crippen LogP contribution in [0.25, 0.3) is 0 Å². The van der Waals surface area contributed by atoms with Gasteiger partial charge in [-0.3, -0.25) is 0 Å². The second kappa shape index (κ2) is 7.88. The van der Waals surface area contributed by atoms with Crippen molar-refractivity contribution in [3.63, 3.8) is 0 Å². The van der Waals surface area contributed by atoms with E-state index >= 15 is 0 Å². The van der Waals surface area contributed by atoms with Crippen molar-refractivity contribution in [2.75, 3.05) is 19.0 Å². The van der Waals surface area contributed by atoms with Crippen molar-refractivity contribution in [3.8, 4) is 5.75 Å². The monoisotopic (exact) mass is 303 g/mol. The zero-order valence-corrected chi connectivity index (χ0v) is 13.5. The average molecular weight is 303 g/mol. The van der Waals surface area contributed by atoms with Gasteiger partial charge < -0.3 is 10.1 Å². The first-order chi connectivity index (χ1) is 10.2. The molecule has 0 atom stereocenters. The minimum absolute atomic E-state index is 0.827. The van der Waals surface area contributed by atoms with E-state index in [1.54, 1.807) is 18.9 Å². The first kappa shape index (κ1) is 15.6. The summed E-state index contributed by atoms with van der Waals surface area (Å²) in [5, 5.41) is 4.28. The minimum Gasteiger partial charge on any atom is -0.497 e. The van der Waals surface area contributed by atoms with E-state index in [-0.39, 0.29) is 0 Å². The number of nitrogens with one attached hydrogen (secondary N) is 1. The molecular weight excluding hydrogens is 282 g/mol. The van der Waals surface area contributed by atoms with Gasteiger partial charge in [-0.25, -0.2) is 9.97 Å². The summed E-state index contributed by atoms with van der Waals surface area (Å²) in [4.78, 5) is 10.2. The number of aromatic nitrogens is 2. The van der Waals surface area contributed by atoms with Gasteiger partial charge in [-0.1, -0.05) is 31.7 Å². The summed E-state index contributed by atoms with van der Waals surface area (Å²) in [5.41, 5.74) is 0. The first-order valence-electron chi connectivity index (χ1n) is 7.19. The molecule has 1 N–H and O–H groups in total. The fraction of sp³-hybridized carbons (Fsp3) is 0.375. The standard InChI is InChI=1S/C16H21N3OS/c1-4-9-17-15-11-16(19-14(5-2)18-15)21-13-8-6-7-12(10-13)20-3/h6-8,10-11H,4-5,9H2,1-3H3,(H,17,18,19). The van der Waals surface area contributed by atoms with Crippen LogP contribution in [-0.4, -0.2) is 23.6 Å². The summed E-state index contributed by atoms with van der Waals surface area (Å²) >= 11 is 1.62. The van der Waals surface area contributed by atoms with E-state index < -0.39 is 0 Å². The zero-order chi connectivity index (χ0) is 15.1. The topological polar surface area (TPSA) is 47.0 Å². The van der Waals surface area contributed by atoms with Crippen LogP contribution in [0, 0.1) is 0 Å². The summed E-state index contributed by atoms with van der Waals surface area (Å²) < 4.78 is 5.26. The Hall–Kier alpha value is -1.75. The van der Waals surface area contributed by atoms with Gasteiger partial charge in [-0.2, -0.15) is 0 Å². The smallest absolute Gasteiger partial charge is 0.131 e. The molecule has 4 nitrogen and oxygen atoms in total. The number of hydrogen-bond donors (Lipinski definition) is 1. The number of ether oxygens (including phenoxy) is 1. The van der Waals surface area contributed by atoms with Crippen molar-refractivity contribution >= 4 is 17.6 Å². The van der Waals surface area contributed by atoms with Crippen LogP contribution in [0.3, 0.4) is 0 Å². The molecule has 0 fully saturated rings. The fourth-order valence-electron chi connectivity index (χ4n) is 1.81. The summed E-state index contributed by atoms with van der Waals surface area (Å²) in [6.07, 6.45) is 1.90. The molecule has 0 saturated carbocycles. The van der Waals surface area contributed by atoms with Crippen LogP contribution in [0.15, 0.2) is 40.3 Å². The SMILES string of the molecule is CCCNc1cc(Sc2cccc(OC)c2)nc(CC)n1. The van der Waals surface area contributed by atoms with E-state index in [9.17, 15) is 0 Å². The normalized spacial score (nSPS) is 10.4. The van der Waals surface area contributed by atoms with E-state index in [0.29, 0.717) is 0 Å². The quantitative estimate of drug-likeness (QED) is 0.783. The molecule has 0 bridgehead atoms. The van der Waals surface area contributed by atoms with Gasteiger partial charge in [-0.05, 0) is 24.6 Å². The van der Waals surface area contributed by atoms with Crippen LogP contribution < -0.4 is 10.1 Å². The van der Waals surface area contributed by atoms with Gasteiger partial charge in [-0.15, -0.1) is 0 Å². The highest BCUT2D eigenvalue weighted by Gasteiger charge is 2.06. The van der Waals surface area contributed by atoms with Crippen LogP contribution in [-0.2, 0) is 6.42 Å². The molecule has 112 valence electrons. The second-order valence-corrected chi connectivity index (χ2v) is 5.66. The van der Waals surface area contributed by atoms with Crippen LogP contribution in [0.1, 0.15) is 26.1 Å². The van der Waals surface area contributed by atoms with Gasteiger partial charge in [0, 0.05) is 23.9 Å². The van der Waals surface area contributed by atoms with Gasteiger partial charge in [0.1, 0.15) is 22.4 Å². The molecule has 0 aliphatic carbocycles. The van der Waals surface area contributed by atoms with Gasteiger partial charge in [0.2, 0.25) is 0 Å². The third-order valence-corrected chi connectivity index (χ3v) is 3.79. The summed E-state index contributed by atoms with van der Waals surface area (Å²) in [5.74, 6) is 2.62. The summed E-state index contributed by atoms with van der Waals surface area (Å²) in [7, 11) is 1.68. The highest BCUT2D eigenvalue weighted by Crippen LogP contribution is 2.29. The molecule has 0 unspecified atom stereocenters. The Balaban J connectivity index is 2.21. The highest BCUT2D eigenvalue weighted by atomic mass is 32.2. The first-order valence-corrected chi connectivity index (χ1v) is 8.00.